The smallest absolute Gasteiger partial charge is 0.239 e. The van der Waals surface area contributed by atoms with Gasteiger partial charge in [0.05, 0.1) is 24.0 Å². The Kier molecular flexibility index (Phi) is 5.10. The Morgan fingerprint density at radius 3 is 2.57 bits per heavy atom. The summed E-state index contributed by atoms with van der Waals surface area (Å²) in [5, 5.41) is 6.17. The molecule has 0 fully saturated rings. The van der Waals surface area contributed by atoms with Gasteiger partial charge in [-0.15, -0.1) is 0 Å². The molecule has 4 rings (SSSR count). The molecule has 2 aromatic rings. The Labute approximate surface area is 176 Å². The number of allylic oxidation sites excluding steroid dienone is 1. The van der Waals surface area contributed by atoms with Crippen LogP contribution in [0.15, 0.2) is 59.8 Å². The van der Waals surface area contributed by atoms with E-state index in [4.69, 9.17) is 0 Å². The lowest BCUT2D eigenvalue weighted by Gasteiger charge is -2.37. The molecule has 0 saturated carbocycles. The van der Waals surface area contributed by atoms with E-state index < -0.39 is 6.04 Å². The van der Waals surface area contributed by atoms with Crippen molar-refractivity contribution in [2.45, 2.75) is 32.7 Å². The van der Waals surface area contributed by atoms with Crippen LogP contribution in [-0.4, -0.2) is 25.3 Å². The number of likely N-dealkylation sites (N-methyl/N-ethyl adjacent to an activating group) is 1. The molecule has 1 amide bonds. The van der Waals surface area contributed by atoms with Gasteiger partial charge in [-0.3, -0.25) is 9.59 Å². The molecule has 2 N–H and O–H groups in total. The molecule has 2 aromatic carbocycles. The quantitative estimate of drug-likeness (QED) is 0.801. The maximum atomic E-state index is 13.7. The third kappa shape index (κ3) is 3.70. The van der Waals surface area contributed by atoms with Crippen LogP contribution in [0, 0.1) is 11.2 Å². The molecule has 2 aliphatic rings. The van der Waals surface area contributed by atoms with E-state index in [0.717, 1.165) is 22.6 Å². The number of hydrogen-bond donors (Lipinski definition) is 2. The number of halogens is 1. The largest absolute Gasteiger partial charge is 0.358 e. The number of carbonyl (C=O) groups excluding carboxylic acids is 2. The van der Waals surface area contributed by atoms with Gasteiger partial charge in [-0.25, -0.2) is 4.39 Å². The van der Waals surface area contributed by atoms with Crippen LogP contribution >= 0.6 is 0 Å². The topological polar surface area (TPSA) is 61.4 Å². The molecule has 1 aliphatic carbocycles. The van der Waals surface area contributed by atoms with Crippen LogP contribution in [0.3, 0.4) is 0 Å². The molecule has 5 nitrogen and oxygen atoms in total. The summed E-state index contributed by atoms with van der Waals surface area (Å²) in [5.74, 6) is -0.448. The summed E-state index contributed by atoms with van der Waals surface area (Å²) in [7, 11) is 1.59. The summed E-state index contributed by atoms with van der Waals surface area (Å²) in [6.45, 7) is 4.25. The van der Waals surface area contributed by atoms with Crippen molar-refractivity contribution in [1.29, 1.82) is 0 Å². The Morgan fingerprint density at radius 2 is 1.87 bits per heavy atom. The van der Waals surface area contributed by atoms with Gasteiger partial charge < -0.3 is 15.5 Å². The Bertz CT molecular complexity index is 1030. The van der Waals surface area contributed by atoms with E-state index in [1.54, 1.807) is 19.2 Å². The zero-order chi connectivity index (χ0) is 21.5. The van der Waals surface area contributed by atoms with Gasteiger partial charge in [-0.05, 0) is 41.7 Å². The minimum Gasteiger partial charge on any atom is -0.358 e. The first-order valence-corrected chi connectivity index (χ1v) is 10.1. The third-order valence-corrected chi connectivity index (χ3v) is 5.78. The number of anilines is 2. The zero-order valence-electron chi connectivity index (χ0n) is 17.5. The average Bonchev–Trinajstić information content (AvgIpc) is 2.82. The Morgan fingerprint density at radius 1 is 1.17 bits per heavy atom. The maximum Gasteiger partial charge on any atom is 0.239 e. The van der Waals surface area contributed by atoms with Crippen molar-refractivity contribution in [3.63, 3.8) is 0 Å². The first-order valence-electron chi connectivity index (χ1n) is 10.1. The number of rotatable bonds is 3. The average molecular weight is 407 g/mol. The number of amides is 1. The molecule has 1 heterocycles. The molecule has 1 unspecified atom stereocenters. The van der Waals surface area contributed by atoms with E-state index in [-0.39, 0.29) is 29.5 Å². The number of nitrogens with one attached hydrogen (secondary N) is 2. The van der Waals surface area contributed by atoms with Crippen molar-refractivity contribution in [3.8, 4) is 0 Å². The van der Waals surface area contributed by atoms with Crippen LogP contribution in [-0.2, 0) is 9.59 Å². The van der Waals surface area contributed by atoms with Gasteiger partial charge in [-0.1, -0.05) is 38.1 Å². The minimum atomic E-state index is -0.488. The molecule has 1 aliphatic heterocycles. The van der Waals surface area contributed by atoms with E-state index in [2.05, 4.69) is 24.5 Å². The molecule has 156 valence electrons. The highest BCUT2D eigenvalue weighted by molar-refractivity contribution is 6.01. The summed E-state index contributed by atoms with van der Waals surface area (Å²) < 4.78 is 13.7. The molecule has 0 bridgehead atoms. The van der Waals surface area contributed by atoms with E-state index in [0.29, 0.717) is 18.4 Å². The SMILES string of the molecule is CNC(=O)CN1c2ccccc2NC2=C(C(=O)CC(C)(C)C2)C1c1ccc(F)cc1. The molecule has 0 radical (unpaired) electrons. The first kappa shape index (κ1) is 20.1. The van der Waals surface area contributed by atoms with Crippen LogP contribution in [0.2, 0.25) is 0 Å². The Hall–Kier alpha value is -3.15. The molecular formula is C24H26FN3O2. The molecule has 0 saturated heterocycles. The summed E-state index contributed by atoms with van der Waals surface area (Å²) in [5.41, 5.74) is 3.82. The fourth-order valence-corrected chi connectivity index (χ4v) is 4.45. The number of hydrogen-bond acceptors (Lipinski definition) is 4. The molecule has 0 aromatic heterocycles. The molecule has 1 atom stereocenters. The van der Waals surface area contributed by atoms with Crippen LogP contribution in [0.25, 0.3) is 0 Å². The van der Waals surface area contributed by atoms with Gasteiger partial charge in [0.2, 0.25) is 5.91 Å². The number of benzene rings is 2. The monoisotopic (exact) mass is 407 g/mol. The molecular weight excluding hydrogens is 381 g/mol. The maximum absolute atomic E-state index is 13.7. The van der Waals surface area contributed by atoms with E-state index in [9.17, 15) is 14.0 Å². The summed E-state index contributed by atoms with van der Waals surface area (Å²) in [6.07, 6.45) is 1.14. The zero-order valence-corrected chi connectivity index (χ0v) is 17.5. The van der Waals surface area contributed by atoms with Gasteiger partial charge in [-0.2, -0.15) is 0 Å². The van der Waals surface area contributed by atoms with Crippen molar-refractivity contribution >= 4 is 23.1 Å². The van der Waals surface area contributed by atoms with Gasteiger partial charge in [0, 0.05) is 24.7 Å². The van der Waals surface area contributed by atoms with Crippen molar-refractivity contribution in [2.75, 3.05) is 23.8 Å². The van der Waals surface area contributed by atoms with Crippen LogP contribution in [0.1, 0.15) is 38.3 Å². The van der Waals surface area contributed by atoms with E-state index >= 15 is 0 Å². The normalized spacial score (nSPS) is 20.1. The number of ketones is 1. The molecule has 0 spiro atoms. The van der Waals surface area contributed by atoms with Gasteiger partial charge in [0.15, 0.2) is 5.78 Å². The number of nitrogens with zero attached hydrogens (tertiary/aromatic N) is 1. The Balaban J connectivity index is 1.96. The van der Waals surface area contributed by atoms with E-state index in [1.807, 2.05) is 29.2 Å². The predicted molar refractivity (Wildman–Crippen MR) is 116 cm³/mol. The highest BCUT2D eigenvalue weighted by Crippen LogP contribution is 2.48. The number of carbonyl (C=O) groups is 2. The lowest BCUT2D eigenvalue weighted by atomic mass is 9.73. The predicted octanol–water partition coefficient (Wildman–Crippen LogP) is 4.19. The van der Waals surface area contributed by atoms with Crippen molar-refractivity contribution < 1.29 is 14.0 Å². The fourth-order valence-electron chi connectivity index (χ4n) is 4.45. The van der Waals surface area contributed by atoms with Crippen LogP contribution < -0.4 is 15.5 Å². The second-order valence-electron chi connectivity index (χ2n) is 8.73. The molecule has 30 heavy (non-hydrogen) atoms. The van der Waals surface area contributed by atoms with Crippen molar-refractivity contribution in [2.24, 2.45) is 5.41 Å². The van der Waals surface area contributed by atoms with Crippen molar-refractivity contribution in [1.82, 2.24) is 5.32 Å². The van der Waals surface area contributed by atoms with E-state index in [1.165, 1.54) is 12.1 Å². The second kappa shape index (κ2) is 7.59. The van der Waals surface area contributed by atoms with Gasteiger partial charge in [0.25, 0.3) is 0 Å². The number of Topliss-reactive ketones (excluding diaryl/α,β-unsaturated/α-hetero) is 1. The highest BCUT2D eigenvalue weighted by atomic mass is 19.1. The van der Waals surface area contributed by atoms with Crippen LogP contribution in [0.4, 0.5) is 15.8 Å². The first-order chi connectivity index (χ1) is 14.3. The summed E-state index contributed by atoms with van der Waals surface area (Å²) in [4.78, 5) is 27.8. The summed E-state index contributed by atoms with van der Waals surface area (Å²) in [6, 6.07) is 13.4. The minimum absolute atomic E-state index is 0.0535. The van der Waals surface area contributed by atoms with Crippen LogP contribution in [0.5, 0.6) is 0 Å². The lowest BCUT2D eigenvalue weighted by Crippen LogP contribution is -2.41. The summed E-state index contributed by atoms with van der Waals surface area (Å²) >= 11 is 0. The third-order valence-electron chi connectivity index (χ3n) is 5.78. The highest BCUT2D eigenvalue weighted by Gasteiger charge is 2.41. The second-order valence-corrected chi connectivity index (χ2v) is 8.73. The standard InChI is InChI=1S/C24H26FN3O2/c1-24(2)12-18-22(20(29)13-24)23(15-8-10-16(25)11-9-15)28(14-21(30)26-3)19-7-5-4-6-17(19)27-18/h4-11,23,27H,12-14H2,1-3H3,(H,26,30). The number of para-hydroxylation sites is 2. The molecule has 6 heteroatoms. The number of fused-ring (bicyclic) bond motifs is 1. The van der Waals surface area contributed by atoms with Gasteiger partial charge >= 0.3 is 0 Å². The fraction of sp³-hybridized carbons (Fsp3) is 0.333. The van der Waals surface area contributed by atoms with Crippen molar-refractivity contribution in [3.05, 3.63) is 71.2 Å². The lowest BCUT2D eigenvalue weighted by molar-refractivity contribution is -0.120. The van der Waals surface area contributed by atoms with Gasteiger partial charge in [0.1, 0.15) is 5.82 Å².